The molecule has 2 saturated heterocycles. The Morgan fingerprint density at radius 2 is 1.24 bits per heavy atom. The van der Waals surface area contributed by atoms with Crippen molar-refractivity contribution in [3.05, 3.63) is 59.7 Å². The lowest BCUT2D eigenvalue weighted by molar-refractivity contribution is -0.383. The second-order valence-electron chi connectivity index (χ2n) is 12.8. The standard InChI is InChI=1S/C38H44O20/c1-19(39)51-16-28-32(46)33(47)34(48)37(55-28)58-38(18-53-20(2)40)36(56-31(45)13-9-23-7-11-25(43)27(15-23)50-5)35(54-21(3)41)29(57-38)17-52-30(44)12-8-22-6-10-24(42)26(14-22)49-4/h6-15,28-29,32-37,42-43,46-48H,16-18H2,1-5H3/b12-8+,13-9+/t28-,29-,32-,33+,34-,35-,36+,37-,38+/m1/s1. The van der Waals surface area contributed by atoms with Crippen LogP contribution in [0.2, 0.25) is 0 Å². The third-order valence-corrected chi connectivity index (χ3v) is 8.53. The summed E-state index contributed by atoms with van der Waals surface area (Å²) in [5.41, 5.74) is 0.799. The first-order valence-electron chi connectivity index (χ1n) is 17.4. The van der Waals surface area contributed by atoms with E-state index in [-0.39, 0.29) is 23.0 Å². The van der Waals surface area contributed by atoms with Crippen LogP contribution in [0.15, 0.2) is 48.6 Å². The van der Waals surface area contributed by atoms with Crippen LogP contribution < -0.4 is 9.47 Å². The normalized spacial score (nSPS) is 26.8. The van der Waals surface area contributed by atoms with Gasteiger partial charge in [0.05, 0.1) is 14.2 Å². The average Bonchev–Trinajstić information content (AvgIpc) is 3.45. The molecule has 2 aromatic carbocycles. The van der Waals surface area contributed by atoms with Gasteiger partial charge in [0.15, 0.2) is 41.5 Å². The van der Waals surface area contributed by atoms with Crippen LogP contribution in [0.3, 0.4) is 0 Å². The maximum atomic E-state index is 13.5. The van der Waals surface area contributed by atoms with E-state index in [0.29, 0.717) is 11.1 Å². The predicted molar refractivity (Wildman–Crippen MR) is 192 cm³/mol. The highest BCUT2D eigenvalue weighted by Gasteiger charge is 2.64. The number of esters is 5. The molecule has 0 amide bonds. The SMILES string of the molecule is COc1cc(/C=C/C(=O)OC[C@H]2O[C@@](COC(C)=O)(O[C@H]3O[C@H](COC(C)=O)[C@@H](O)[C@H](O)[C@H]3O)[C@@H](OC(=O)/C=C/c3ccc(O)c(OC)c3)[C@@H]2OC(C)=O)ccc1O. The quantitative estimate of drug-likeness (QED) is 0.0863. The van der Waals surface area contributed by atoms with Gasteiger partial charge in [0.2, 0.25) is 5.79 Å². The first-order valence-corrected chi connectivity index (χ1v) is 17.4. The van der Waals surface area contributed by atoms with Crippen molar-refractivity contribution in [3.63, 3.8) is 0 Å². The molecule has 20 nitrogen and oxygen atoms in total. The summed E-state index contributed by atoms with van der Waals surface area (Å²) in [5.74, 6) is -7.41. The van der Waals surface area contributed by atoms with E-state index in [1.54, 1.807) is 0 Å². The first-order chi connectivity index (χ1) is 27.5. The molecular formula is C38H44O20. The number of ether oxygens (including phenoxy) is 10. The molecule has 0 aromatic heterocycles. The van der Waals surface area contributed by atoms with Crippen molar-refractivity contribution >= 4 is 42.0 Å². The fraction of sp³-hybridized carbons (Fsp3) is 0.447. The van der Waals surface area contributed by atoms with Gasteiger partial charge in [0, 0.05) is 32.9 Å². The fourth-order valence-electron chi connectivity index (χ4n) is 5.75. The Labute approximate surface area is 331 Å². The summed E-state index contributed by atoms with van der Waals surface area (Å²) in [6, 6.07) is 8.42. The summed E-state index contributed by atoms with van der Waals surface area (Å²) in [5, 5.41) is 52.1. The molecule has 58 heavy (non-hydrogen) atoms. The summed E-state index contributed by atoms with van der Waals surface area (Å²) >= 11 is 0. The van der Waals surface area contributed by atoms with Crippen LogP contribution >= 0.6 is 0 Å². The molecule has 0 spiro atoms. The third kappa shape index (κ3) is 11.6. The van der Waals surface area contributed by atoms with E-state index in [1.807, 2.05) is 0 Å². The monoisotopic (exact) mass is 820 g/mol. The minimum absolute atomic E-state index is 0.0869. The smallest absolute Gasteiger partial charge is 0.331 e. The molecule has 0 unspecified atom stereocenters. The van der Waals surface area contributed by atoms with Crippen LogP contribution in [0, 0.1) is 0 Å². The van der Waals surface area contributed by atoms with E-state index < -0.39 is 104 Å². The number of hydrogen-bond donors (Lipinski definition) is 5. The molecule has 0 saturated carbocycles. The van der Waals surface area contributed by atoms with E-state index >= 15 is 0 Å². The molecule has 2 heterocycles. The highest BCUT2D eigenvalue weighted by molar-refractivity contribution is 5.88. The molecule has 20 heteroatoms. The van der Waals surface area contributed by atoms with Gasteiger partial charge in [-0.05, 0) is 47.5 Å². The average molecular weight is 821 g/mol. The first kappa shape index (κ1) is 44.9. The van der Waals surface area contributed by atoms with Gasteiger partial charge in [0.25, 0.3) is 0 Å². The van der Waals surface area contributed by atoms with Gasteiger partial charge in [-0.1, -0.05) is 12.1 Å². The highest BCUT2D eigenvalue weighted by atomic mass is 16.8. The number of aliphatic hydroxyl groups is 3. The lowest BCUT2D eigenvalue weighted by atomic mass is 9.98. The van der Waals surface area contributed by atoms with Gasteiger partial charge in [0.1, 0.15) is 50.3 Å². The maximum absolute atomic E-state index is 13.5. The van der Waals surface area contributed by atoms with E-state index in [9.17, 15) is 49.5 Å². The van der Waals surface area contributed by atoms with Crippen LogP contribution in [0.5, 0.6) is 23.0 Å². The van der Waals surface area contributed by atoms with Crippen molar-refractivity contribution in [1.82, 2.24) is 0 Å². The highest BCUT2D eigenvalue weighted by Crippen LogP contribution is 2.40. The van der Waals surface area contributed by atoms with Gasteiger partial charge in [-0.3, -0.25) is 14.4 Å². The van der Waals surface area contributed by atoms with Crippen LogP contribution in [0.1, 0.15) is 31.9 Å². The Kier molecular flexibility index (Phi) is 15.6. The van der Waals surface area contributed by atoms with Crippen LogP contribution in [-0.4, -0.2) is 144 Å². The van der Waals surface area contributed by atoms with Crippen molar-refractivity contribution in [3.8, 4) is 23.0 Å². The van der Waals surface area contributed by atoms with E-state index in [4.69, 9.17) is 47.4 Å². The van der Waals surface area contributed by atoms with Crippen molar-refractivity contribution in [2.24, 2.45) is 0 Å². The molecule has 0 bridgehead atoms. The number of carbonyl (C=O) groups is 5. The molecule has 2 aliphatic rings. The maximum Gasteiger partial charge on any atom is 0.331 e. The Bertz CT molecular complexity index is 1860. The number of aliphatic hydroxyl groups excluding tert-OH is 3. The van der Waals surface area contributed by atoms with Gasteiger partial charge in [-0.2, -0.15) is 0 Å². The lowest BCUT2D eigenvalue weighted by Gasteiger charge is -2.43. The van der Waals surface area contributed by atoms with Gasteiger partial charge in [-0.15, -0.1) is 0 Å². The molecule has 0 radical (unpaired) electrons. The Morgan fingerprint density at radius 1 is 0.690 bits per heavy atom. The van der Waals surface area contributed by atoms with E-state index in [2.05, 4.69) is 0 Å². The lowest BCUT2D eigenvalue weighted by Crippen LogP contribution is -2.63. The summed E-state index contributed by atoms with van der Waals surface area (Å²) in [6.45, 7) is 0.771. The molecule has 5 N–H and O–H groups in total. The fourth-order valence-corrected chi connectivity index (χ4v) is 5.75. The Hall–Kier alpha value is -5.77. The van der Waals surface area contributed by atoms with Crippen molar-refractivity contribution in [1.29, 1.82) is 0 Å². The molecular weight excluding hydrogens is 776 g/mol. The summed E-state index contributed by atoms with van der Waals surface area (Å²) < 4.78 is 54.8. The molecule has 316 valence electrons. The zero-order valence-corrected chi connectivity index (χ0v) is 31.9. The predicted octanol–water partition coefficient (Wildman–Crippen LogP) is 0.274. The zero-order chi connectivity index (χ0) is 42.7. The summed E-state index contributed by atoms with van der Waals surface area (Å²) in [7, 11) is 2.65. The Morgan fingerprint density at radius 3 is 1.78 bits per heavy atom. The van der Waals surface area contributed by atoms with E-state index in [0.717, 1.165) is 32.9 Å². The number of aromatic hydroxyl groups is 2. The number of rotatable bonds is 16. The van der Waals surface area contributed by atoms with Crippen LogP contribution in [0.4, 0.5) is 0 Å². The summed E-state index contributed by atoms with van der Waals surface area (Å²) in [6.07, 6.45) is -10.0. The topological polar surface area (TPSA) is 279 Å². The molecule has 0 aliphatic carbocycles. The minimum atomic E-state index is -2.59. The molecule has 2 aromatic rings. The van der Waals surface area contributed by atoms with Crippen LogP contribution in [-0.2, 0) is 61.9 Å². The van der Waals surface area contributed by atoms with Gasteiger partial charge < -0.3 is 72.9 Å². The number of phenolic OH excluding ortho intramolecular Hbond substituents is 2. The largest absolute Gasteiger partial charge is 0.504 e. The minimum Gasteiger partial charge on any atom is -0.504 e. The van der Waals surface area contributed by atoms with Crippen molar-refractivity contribution in [2.45, 2.75) is 75.6 Å². The summed E-state index contributed by atoms with van der Waals surface area (Å²) in [4.78, 5) is 62.6. The molecule has 9 atom stereocenters. The van der Waals surface area contributed by atoms with Crippen molar-refractivity contribution < 1.29 is 96.9 Å². The van der Waals surface area contributed by atoms with Crippen LogP contribution in [0.25, 0.3) is 12.2 Å². The molecule has 4 rings (SSSR count). The zero-order valence-electron chi connectivity index (χ0n) is 31.9. The number of benzene rings is 2. The van der Waals surface area contributed by atoms with Gasteiger partial charge >= 0.3 is 29.8 Å². The second kappa shape index (κ2) is 20.1. The number of methoxy groups -OCH3 is 2. The van der Waals surface area contributed by atoms with Crippen molar-refractivity contribution in [2.75, 3.05) is 34.0 Å². The van der Waals surface area contributed by atoms with E-state index in [1.165, 1.54) is 62.8 Å². The number of hydrogen-bond acceptors (Lipinski definition) is 20. The number of carbonyl (C=O) groups excluding carboxylic acids is 5. The Balaban J connectivity index is 1.72. The third-order valence-electron chi connectivity index (χ3n) is 8.53. The molecule has 2 aliphatic heterocycles. The molecule has 2 fully saturated rings. The second-order valence-corrected chi connectivity index (χ2v) is 12.8. The van der Waals surface area contributed by atoms with Gasteiger partial charge in [-0.25, -0.2) is 9.59 Å². The number of phenols is 2.